The molecule has 3 aromatic rings. The molecule has 0 atom stereocenters. The number of anilines is 1. The van der Waals surface area contributed by atoms with Crippen LogP contribution in [0.3, 0.4) is 0 Å². The fourth-order valence-corrected chi connectivity index (χ4v) is 6.24. The molecule has 1 aromatic heterocycles. The van der Waals surface area contributed by atoms with Crippen LogP contribution in [0.5, 0.6) is 5.75 Å². The first-order valence-electron chi connectivity index (χ1n) is 10.1. The van der Waals surface area contributed by atoms with Gasteiger partial charge in [-0.25, -0.2) is 8.42 Å². The van der Waals surface area contributed by atoms with Gasteiger partial charge in [0.2, 0.25) is 10.0 Å². The minimum atomic E-state index is -3.79. The summed E-state index contributed by atoms with van der Waals surface area (Å²) in [5.74, 6) is 0.00242. The summed E-state index contributed by atoms with van der Waals surface area (Å²) in [4.78, 5) is 13.6. The Morgan fingerprint density at radius 3 is 2.65 bits per heavy atom. The van der Waals surface area contributed by atoms with Crippen LogP contribution in [-0.4, -0.2) is 51.5 Å². The van der Waals surface area contributed by atoms with Gasteiger partial charge < -0.3 is 14.8 Å². The van der Waals surface area contributed by atoms with E-state index in [1.165, 1.54) is 21.7 Å². The number of hydrogen-bond donors (Lipinski definition) is 1. The summed E-state index contributed by atoms with van der Waals surface area (Å²) in [5.41, 5.74) is 1.31. The van der Waals surface area contributed by atoms with Gasteiger partial charge in [-0.2, -0.15) is 4.31 Å². The van der Waals surface area contributed by atoms with Crippen molar-refractivity contribution < 1.29 is 22.7 Å². The van der Waals surface area contributed by atoms with Gasteiger partial charge >= 0.3 is 0 Å². The number of sulfonamides is 1. The zero-order valence-electron chi connectivity index (χ0n) is 17.4. The van der Waals surface area contributed by atoms with Gasteiger partial charge in [-0.1, -0.05) is 18.2 Å². The van der Waals surface area contributed by atoms with E-state index in [4.69, 9.17) is 9.47 Å². The van der Waals surface area contributed by atoms with Crippen molar-refractivity contribution in [3.63, 3.8) is 0 Å². The Morgan fingerprint density at radius 1 is 1.19 bits per heavy atom. The molecular formula is C22H24N2O5S2. The maximum absolute atomic E-state index is 13.2. The lowest BCUT2D eigenvalue weighted by Crippen LogP contribution is -2.40. The number of ether oxygens (including phenoxy) is 2. The maximum atomic E-state index is 13.2. The highest BCUT2D eigenvalue weighted by Crippen LogP contribution is 2.33. The second-order valence-corrected chi connectivity index (χ2v) is 10.1. The number of carbonyl (C=O) groups is 1. The second kappa shape index (κ2) is 8.96. The molecule has 2 aromatic carbocycles. The van der Waals surface area contributed by atoms with Crippen LogP contribution < -0.4 is 10.1 Å². The molecule has 1 aliphatic rings. The van der Waals surface area contributed by atoms with Gasteiger partial charge in [0.05, 0.1) is 24.7 Å². The molecular weight excluding hydrogens is 436 g/mol. The van der Waals surface area contributed by atoms with Gasteiger partial charge in [0, 0.05) is 23.5 Å². The van der Waals surface area contributed by atoms with Crippen LogP contribution in [0.2, 0.25) is 0 Å². The minimum Gasteiger partial charge on any atom is -0.492 e. The number of amides is 1. The molecule has 0 spiro atoms. The quantitative estimate of drug-likeness (QED) is 0.603. The maximum Gasteiger partial charge on any atom is 0.266 e. The largest absolute Gasteiger partial charge is 0.492 e. The van der Waals surface area contributed by atoms with Crippen LogP contribution in [0.1, 0.15) is 22.2 Å². The van der Waals surface area contributed by atoms with Gasteiger partial charge in [-0.15, -0.1) is 11.3 Å². The van der Waals surface area contributed by atoms with Gasteiger partial charge in [0.15, 0.2) is 0 Å². The molecule has 164 valence electrons. The third-order valence-electron chi connectivity index (χ3n) is 5.14. The van der Waals surface area contributed by atoms with Crippen LogP contribution in [0.25, 0.3) is 10.1 Å². The Hall–Kier alpha value is -2.46. The lowest BCUT2D eigenvalue weighted by atomic mass is 10.1. The van der Waals surface area contributed by atoms with Crippen LogP contribution in [-0.2, 0) is 14.8 Å². The van der Waals surface area contributed by atoms with E-state index in [1.807, 2.05) is 31.2 Å². The average molecular weight is 461 g/mol. The van der Waals surface area contributed by atoms with E-state index in [9.17, 15) is 13.2 Å². The van der Waals surface area contributed by atoms with Crippen LogP contribution in [0.4, 0.5) is 5.69 Å². The molecule has 7 nitrogen and oxygen atoms in total. The molecule has 1 fully saturated rings. The number of rotatable bonds is 6. The molecule has 0 saturated carbocycles. The number of morpholine rings is 1. The molecule has 0 aliphatic carbocycles. The lowest BCUT2D eigenvalue weighted by Gasteiger charge is -2.27. The van der Waals surface area contributed by atoms with Gasteiger partial charge in [-0.05, 0) is 49.1 Å². The standard InChI is InChI=1S/C22H24N2O5S2/c1-3-29-18-9-8-16(14-20(18)31(26,27)24-10-12-28-13-11-24)23-22(25)21-15(2)17-6-4-5-7-19(17)30-21/h4-9,14H,3,10-13H2,1-2H3,(H,23,25). The fourth-order valence-electron chi connectivity index (χ4n) is 3.57. The van der Waals surface area contributed by atoms with E-state index in [1.54, 1.807) is 19.1 Å². The van der Waals surface area contributed by atoms with Crippen molar-refractivity contribution in [1.82, 2.24) is 4.31 Å². The summed E-state index contributed by atoms with van der Waals surface area (Å²) >= 11 is 1.42. The Bertz CT molecular complexity index is 1210. The Balaban J connectivity index is 1.66. The van der Waals surface area contributed by atoms with Gasteiger partial charge in [0.25, 0.3) is 5.91 Å². The van der Waals surface area contributed by atoms with E-state index in [-0.39, 0.29) is 29.6 Å². The number of nitrogens with zero attached hydrogens (tertiary/aromatic N) is 1. The molecule has 0 bridgehead atoms. The summed E-state index contributed by atoms with van der Waals surface area (Å²) in [5, 5.41) is 3.89. The van der Waals surface area contributed by atoms with Crippen molar-refractivity contribution >= 4 is 43.0 Å². The third-order valence-corrected chi connectivity index (χ3v) is 8.33. The molecule has 0 radical (unpaired) electrons. The molecule has 1 N–H and O–H groups in total. The first kappa shape index (κ1) is 21.8. The fraction of sp³-hybridized carbons (Fsp3) is 0.318. The van der Waals surface area contributed by atoms with Crippen molar-refractivity contribution in [1.29, 1.82) is 0 Å². The van der Waals surface area contributed by atoms with Crippen molar-refractivity contribution in [2.24, 2.45) is 0 Å². The first-order chi connectivity index (χ1) is 14.9. The lowest BCUT2D eigenvalue weighted by molar-refractivity contribution is 0.0729. The third kappa shape index (κ3) is 4.31. The smallest absolute Gasteiger partial charge is 0.266 e. The van der Waals surface area contributed by atoms with E-state index in [2.05, 4.69) is 5.32 Å². The SMILES string of the molecule is CCOc1ccc(NC(=O)c2sc3ccccc3c2C)cc1S(=O)(=O)N1CCOCC1. The van der Waals surface area contributed by atoms with Crippen LogP contribution in [0, 0.1) is 6.92 Å². The number of thiophene rings is 1. The molecule has 0 unspecified atom stereocenters. The van der Waals surface area contributed by atoms with Crippen molar-refractivity contribution in [2.45, 2.75) is 18.7 Å². The molecule has 4 rings (SSSR count). The number of aryl methyl sites for hydroxylation is 1. The zero-order valence-corrected chi connectivity index (χ0v) is 19.0. The Kier molecular flexibility index (Phi) is 6.29. The molecule has 2 heterocycles. The molecule has 1 aliphatic heterocycles. The predicted molar refractivity (Wildman–Crippen MR) is 122 cm³/mol. The summed E-state index contributed by atoms with van der Waals surface area (Å²) in [6.07, 6.45) is 0. The predicted octanol–water partition coefficient (Wildman–Crippen LogP) is 3.88. The summed E-state index contributed by atoms with van der Waals surface area (Å²) in [6.45, 7) is 5.32. The van der Waals surface area contributed by atoms with Gasteiger partial charge in [0.1, 0.15) is 10.6 Å². The Morgan fingerprint density at radius 2 is 1.94 bits per heavy atom. The number of carbonyl (C=O) groups excluding carboxylic acids is 1. The number of fused-ring (bicyclic) bond motifs is 1. The van der Waals surface area contributed by atoms with E-state index in [0.717, 1.165) is 15.6 Å². The van der Waals surface area contributed by atoms with E-state index in [0.29, 0.717) is 30.4 Å². The van der Waals surface area contributed by atoms with Crippen LogP contribution >= 0.6 is 11.3 Å². The van der Waals surface area contributed by atoms with Gasteiger partial charge in [-0.3, -0.25) is 4.79 Å². The van der Waals surface area contributed by atoms with E-state index >= 15 is 0 Å². The van der Waals surface area contributed by atoms with E-state index < -0.39 is 10.0 Å². The number of benzene rings is 2. The summed E-state index contributed by atoms with van der Waals surface area (Å²) in [6, 6.07) is 12.6. The monoisotopic (exact) mass is 460 g/mol. The number of hydrogen-bond acceptors (Lipinski definition) is 6. The number of nitrogens with one attached hydrogen (secondary N) is 1. The molecule has 31 heavy (non-hydrogen) atoms. The topological polar surface area (TPSA) is 84.9 Å². The second-order valence-electron chi connectivity index (χ2n) is 7.12. The van der Waals surface area contributed by atoms with Crippen LogP contribution in [0.15, 0.2) is 47.4 Å². The highest BCUT2D eigenvalue weighted by molar-refractivity contribution is 7.89. The summed E-state index contributed by atoms with van der Waals surface area (Å²) < 4.78 is 39.8. The first-order valence-corrected chi connectivity index (χ1v) is 12.3. The van der Waals surface area contributed by atoms with Crippen molar-refractivity contribution in [3.05, 3.63) is 52.9 Å². The normalized spacial score (nSPS) is 15.2. The highest BCUT2D eigenvalue weighted by atomic mass is 32.2. The zero-order chi connectivity index (χ0) is 22.0. The minimum absolute atomic E-state index is 0.0436. The Labute approximate surface area is 185 Å². The molecule has 1 amide bonds. The van der Waals surface area contributed by atoms with Crippen molar-refractivity contribution in [2.75, 3.05) is 38.2 Å². The summed E-state index contributed by atoms with van der Waals surface area (Å²) in [7, 11) is -3.79. The molecule has 9 heteroatoms. The highest BCUT2D eigenvalue weighted by Gasteiger charge is 2.30. The molecule has 1 saturated heterocycles. The van der Waals surface area contributed by atoms with Crippen molar-refractivity contribution in [3.8, 4) is 5.75 Å². The average Bonchev–Trinajstić information content (AvgIpc) is 3.12.